The van der Waals surface area contributed by atoms with Crippen LogP contribution in [0.5, 0.6) is 0 Å². The largest absolute Gasteiger partial charge is 0.379 e. The molecule has 0 saturated carbocycles. The van der Waals surface area contributed by atoms with Crippen molar-refractivity contribution >= 4 is 17.7 Å². The van der Waals surface area contributed by atoms with Gasteiger partial charge in [-0.05, 0) is 12.1 Å². The maximum Gasteiger partial charge on any atom is 0.343 e. The molecule has 8 nitrogen and oxygen atoms in total. The topological polar surface area (TPSA) is 83.5 Å². The summed E-state index contributed by atoms with van der Waals surface area (Å²) < 4.78 is 5.42. The van der Waals surface area contributed by atoms with Crippen LogP contribution in [0.1, 0.15) is 0 Å². The molecule has 2 aromatic carbocycles. The molecule has 0 aliphatic carbocycles. The average Bonchev–Trinajstić information content (AvgIpc) is 2.76. The predicted octanol–water partition coefficient (Wildman–Crippen LogP) is 2.82. The fourth-order valence-corrected chi connectivity index (χ4v) is 2.91. The molecular weight excluding hydrogens is 356 g/mol. The summed E-state index contributed by atoms with van der Waals surface area (Å²) in [4.78, 5) is 26.2. The number of ether oxygens (including phenoxy) is 1. The number of carbonyl (C=O) groups excluding carboxylic acids is 1. The van der Waals surface area contributed by atoms with Gasteiger partial charge in [0.05, 0.1) is 13.2 Å². The smallest absolute Gasteiger partial charge is 0.343 e. The van der Waals surface area contributed by atoms with Crippen LogP contribution in [0.4, 0.5) is 16.4 Å². The summed E-state index contributed by atoms with van der Waals surface area (Å²) in [7, 11) is 0. The first-order chi connectivity index (χ1) is 13.8. The van der Waals surface area contributed by atoms with Crippen molar-refractivity contribution in [3.8, 4) is 11.4 Å². The summed E-state index contributed by atoms with van der Waals surface area (Å²) >= 11 is 0. The summed E-state index contributed by atoms with van der Waals surface area (Å²) in [5.74, 6) is 0.778. The first-order valence-electron chi connectivity index (χ1n) is 9.04. The molecule has 1 aliphatic heterocycles. The maximum absolute atomic E-state index is 13.1. The fourth-order valence-electron chi connectivity index (χ4n) is 2.91. The zero-order valence-electron chi connectivity index (χ0n) is 15.2. The second-order valence-corrected chi connectivity index (χ2v) is 6.15. The molecule has 1 aliphatic rings. The standard InChI is InChI=1S/C20H20N6O2/c27-20(23-17-9-5-2-6-10-17)26(25-11-13-28-14-12-25)19-22-15-21-18(24-19)16-7-3-1-4-8-16/h1-10,15H,11-14H2,(H,23,27). The maximum atomic E-state index is 13.1. The number of benzene rings is 2. The van der Waals surface area contributed by atoms with E-state index in [1.165, 1.54) is 11.3 Å². The van der Waals surface area contributed by atoms with Gasteiger partial charge >= 0.3 is 6.03 Å². The summed E-state index contributed by atoms with van der Waals surface area (Å²) in [5, 5.41) is 6.24. The highest BCUT2D eigenvalue weighted by Gasteiger charge is 2.28. The van der Waals surface area contributed by atoms with E-state index >= 15 is 0 Å². The van der Waals surface area contributed by atoms with Crippen molar-refractivity contribution in [3.63, 3.8) is 0 Å². The first-order valence-corrected chi connectivity index (χ1v) is 9.04. The molecule has 0 spiro atoms. The third kappa shape index (κ3) is 4.13. The van der Waals surface area contributed by atoms with E-state index in [0.717, 1.165) is 5.56 Å². The lowest BCUT2D eigenvalue weighted by molar-refractivity contribution is 0.0359. The van der Waals surface area contributed by atoms with E-state index in [1.807, 2.05) is 65.7 Å². The third-order valence-electron chi connectivity index (χ3n) is 4.27. The number of anilines is 2. The van der Waals surface area contributed by atoms with E-state index < -0.39 is 0 Å². The number of hydrogen-bond acceptors (Lipinski definition) is 6. The Morgan fingerprint density at radius 2 is 1.64 bits per heavy atom. The molecule has 0 unspecified atom stereocenters. The number of urea groups is 1. The summed E-state index contributed by atoms with van der Waals surface area (Å²) in [6.45, 7) is 2.20. The van der Waals surface area contributed by atoms with Crippen LogP contribution in [0.3, 0.4) is 0 Å². The molecule has 142 valence electrons. The molecule has 8 heteroatoms. The van der Waals surface area contributed by atoms with Gasteiger partial charge in [0.2, 0.25) is 0 Å². The number of hydrazine groups is 1. The summed E-state index contributed by atoms with van der Waals surface area (Å²) in [6.07, 6.45) is 1.42. The van der Waals surface area contributed by atoms with E-state index in [-0.39, 0.29) is 12.0 Å². The number of para-hydroxylation sites is 1. The van der Waals surface area contributed by atoms with Crippen molar-refractivity contribution in [1.82, 2.24) is 20.0 Å². The van der Waals surface area contributed by atoms with Gasteiger partial charge in [-0.1, -0.05) is 48.5 Å². The highest BCUT2D eigenvalue weighted by Crippen LogP contribution is 2.19. The number of rotatable bonds is 4. The molecule has 1 N–H and O–H groups in total. The Hall–Kier alpha value is -3.36. The van der Waals surface area contributed by atoms with Gasteiger partial charge in [-0.2, -0.15) is 15.0 Å². The zero-order valence-corrected chi connectivity index (χ0v) is 15.2. The molecule has 0 radical (unpaired) electrons. The minimum Gasteiger partial charge on any atom is -0.379 e. The highest BCUT2D eigenvalue weighted by molar-refractivity contribution is 6.00. The third-order valence-corrected chi connectivity index (χ3v) is 4.27. The Labute approximate surface area is 162 Å². The van der Waals surface area contributed by atoms with Crippen LogP contribution >= 0.6 is 0 Å². The van der Waals surface area contributed by atoms with Crippen LogP contribution in [0, 0.1) is 0 Å². The Morgan fingerprint density at radius 3 is 2.36 bits per heavy atom. The second-order valence-electron chi connectivity index (χ2n) is 6.15. The van der Waals surface area contributed by atoms with Crippen LogP contribution < -0.4 is 10.3 Å². The average molecular weight is 376 g/mol. The predicted molar refractivity (Wildman–Crippen MR) is 106 cm³/mol. The van der Waals surface area contributed by atoms with Gasteiger partial charge in [-0.25, -0.2) is 14.8 Å². The van der Waals surface area contributed by atoms with Crippen LogP contribution in [0.2, 0.25) is 0 Å². The molecule has 3 aromatic rings. The number of amides is 2. The van der Waals surface area contributed by atoms with E-state index in [0.29, 0.717) is 37.8 Å². The van der Waals surface area contributed by atoms with Crippen molar-refractivity contribution in [1.29, 1.82) is 0 Å². The van der Waals surface area contributed by atoms with Gasteiger partial charge < -0.3 is 10.1 Å². The number of aromatic nitrogens is 3. The lowest BCUT2D eigenvalue weighted by Crippen LogP contribution is -2.54. The van der Waals surface area contributed by atoms with Gasteiger partial charge in [-0.3, -0.25) is 0 Å². The van der Waals surface area contributed by atoms with Crippen molar-refractivity contribution < 1.29 is 9.53 Å². The Balaban J connectivity index is 1.66. The lowest BCUT2D eigenvalue weighted by atomic mass is 10.2. The Kier molecular flexibility index (Phi) is 5.51. The van der Waals surface area contributed by atoms with Crippen LogP contribution in [0.15, 0.2) is 67.0 Å². The highest BCUT2D eigenvalue weighted by atomic mass is 16.5. The van der Waals surface area contributed by atoms with Gasteiger partial charge in [0.1, 0.15) is 6.33 Å². The number of nitrogens with one attached hydrogen (secondary N) is 1. The van der Waals surface area contributed by atoms with Crippen LogP contribution in [-0.4, -0.2) is 52.3 Å². The van der Waals surface area contributed by atoms with Gasteiger partial charge in [0, 0.05) is 24.3 Å². The zero-order chi connectivity index (χ0) is 19.2. The number of nitrogens with zero attached hydrogens (tertiary/aromatic N) is 5. The van der Waals surface area contributed by atoms with Gasteiger partial charge in [-0.15, -0.1) is 0 Å². The van der Waals surface area contributed by atoms with Crippen molar-refractivity contribution in [2.24, 2.45) is 0 Å². The van der Waals surface area contributed by atoms with Gasteiger partial charge in [0.15, 0.2) is 5.82 Å². The summed E-state index contributed by atoms with van der Waals surface area (Å²) in [6, 6.07) is 18.6. The quantitative estimate of drug-likeness (QED) is 0.754. The minimum absolute atomic E-state index is 0.268. The fraction of sp³-hybridized carbons (Fsp3) is 0.200. The molecule has 1 fully saturated rings. The van der Waals surface area contributed by atoms with E-state index in [2.05, 4.69) is 20.3 Å². The van der Waals surface area contributed by atoms with Crippen molar-refractivity contribution in [2.75, 3.05) is 36.6 Å². The van der Waals surface area contributed by atoms with E-state index in [9.17, 15) is 4.79 Å². The minimum atomic E-state index is -0.335. The number of carbonyl (C=O) groups is 1. The molecular formula is C20H20N6O2. The van der Waals surface area contributed by atoms with Gasteiger partial charge in [0.25, 0.3) is 5.95 Å². The number of morpholine rings is 1. The molecule has 1 aromatic heterocycles. The van der Waals surface area contributed by atoms with E-state index in [1.54, 1.807) is 0 Å². The molecule has 0 bridgehead atoms. The normalized spacial score (nSPS) is 14.4. The van der Waals surface area contributed by atoms with E-state index in [4.69, 9.17) is 4.74 Å². The monoisotopic (exact) mass is 376 g/mol. The van der Waals surface area contributed by atoms with Crippen LogP contribution in [-0.2, 0) is 4.74 Å². The molecule has 2 amide bonds. The molecule has 1 saturated heterocycles. The molecule has 4 rings (SSSR count). The number of hydrogen-bond donors (Lipinski definition) is 1. The lowest BCUT2D eigenvalue weighted by Gasteiger charge is -2.35. The second kappa shape index (κ2) is 8.55. The molecule has 0 atom stereocenters. The molecule has 28 heavy (non-hydrogen) atoms. The van der Waals surface area contributed by atoms with Crippen LogP contribution in [0.25, 0.3) is 11.4 Å². The molecule has 2 heterocycles. The summed E-state index contributed by atoms with van der Waals surface area (Å²) in [5.41, 5.74) is 1.56. The van der Waals surface area contributed by atoms with Crippen molar-refractivity contribution in [2.45, 2.75) is 0 Å². The first kappa shape index (κ1) is 18.0. The Morgan fingerprint density at radius 1 is 0.964 bits per heavy atom. The van der Waals surface area contributed by atoms with Crippen molar-refractivity contribution in [3.05, 3.63) is 67.0 Å². The SMILES string of the molecule is O=C(Nc1ccccc1)N(c1ncnc(-c2ccccc2)n1)N1CCOCC1. The Bertz CT molecular complexity index is 916.